The average molecular weight is 338 g/mol. The molecule has 5 heteroatoms. The summed E-state index contributed by atoms with van der Waals surface area (Å²) in [5.74, 6) is 0.988. The van der Waals surface area contributed by atoms with Crippen LogP contribution in [-0.2, 0) is 9.59 Å². The van der Waals surface area contributed by atoms with E-state index < -0.39 is 5.41 Å². The van der Waals surface area contributed by atoms with Crippen LogP contribution < -0.4 is 11.1 Å². The molecule has 0 aromatic rings. The Bertz CT molecular complexity index is 412. The zero-order chi connectivity index (χ0) is 17.6. The molecule has 0 bridgehead atoms. The van der Waals surface area contributed by atoms with Crippen molar-refractivity contribution in [2.45, 2.75) is 77.7 Å². The van der Waals surface area contributed by atoms with Crippen molar-refractivity contribution >= 4 is 11.8 Å². The fourth-order valence-corrected chi connectivity index (χ4v) is 4.25. The molecule has 2 aliphatic rings. The fourth-order valence-electron chi connectivity index (χ4n) is 4.25. The van der Waals surface area contributed by atoms with Crippen LogP contribution in [0.4, 0.5) is 0 Å². The SMILES string of the molecule is CCC(CC)(CN)C(=O)N1CCC(NC(=O)CC2CCCC2)CC1. The van der Waals surface area contributed by atoms with E-state index in [9.17, 15) is 9.59 Å². The zero-order valence-electron chi connectivity index (χ0n) is 15.5. The predicted molar refractivity (Wildman–Crippen MR) is 96.4 cm³/mol. The summed E-state index contributed by atoms with van der Waals surface area (Å²) in [5, 5.41) is 3.18. The van der Waals surface area contributed by atoms with Gasteiger partial charge in [-0.15, -0.1) is 0 Å². The highest BCUT2D eigenvalue weighted by Crippen LogP contribution is 2.30. The highest BCUT2D eigenvalue weighted by Gasteiger charge is 2.38. The van der Waals surface area contributed by atoms with E-state index in [1.807, 2.05) is 18.7 Å². The molecule has 3 N–H and O–H groups in total. The van der Waals surface area contributed by atoms with Crippen LogP contribution >= 0.6 is 0 Å². The van der Waals surface area contributed by atoms with Gasteiger partial charge in [-0.05, 0) is 44.4 Å². The van der Waals surface area contributed by atoms with Crippen molar-refractivity contribution in [1.29, 1.82) is 0 Å². The van der Waals surface area contributed by atoms with Gasteiger partial charge in [0.2, 0.25) is 11.8 Å². The first-order valence-corrected chi connectivity index (χ1v) is 9.83. The van der Waals surface area contributed by atoms with Crippen LogP contribution in [0.5, 0.6) is 0 Å². The number of nitrogens with zero attached hydrogens (tertiary/aromatic N) is 1. The van der Waals surface area contributed by atoms with E-state index in [1.165, 1.54) is 25.7 Å². The third-order valence-electron chi connectivity index (χ3n) is 6.29. The molecule has 2 fully saturated rings. The van der Waals surface area contributed by atoms with E-state index in [0.717, 1.165) is 38.8 Å². The molecule has 1 saturated heterocycles. The Morgan fingerprint density at radius 3 is 2.17 bits per heavy atom. The summed E-state index contributed by atoms with van der Waals surface area (Å²) < 4.78 is 0. The molecule has 0 aromatic heterocycles. The standard InChI is InChI=1S/C19H35N3O2/c1-3-19(4-2,14-20)18(24)22-11-9-16(10-12-22)21-17(23)13-15-7-5-6-8-15/h15-16H,3-14,20H2,1-2H3,(H,21,23). The Morgan fingerprint density at radius 1 is 1.08 bits per heavy atom. The number of hydrogen-bond acceptors (Lipinski definition) is 3. The van der Waals surface area contributed by atoms with Gasteiger partial charge in [0, 0.05) is 32.1 Å². The maximum Gasteiger partial charge on any atom is 0.230 e. The molecule has 0 spiro atoms. The Hall–Kier alpha value is -1.10. The number of hydrogen-bond donors (Lipinski definition) is 2. The minimum atomic E-state index is -0.404. The molecule has 0 radical (unpaired) electrons. The van der Waals surface area contributed by atoms with Crippen molar-refractivity contribution in [2.24, 2.45) is 17.1 Å². The van der Waals surface area contributed by atoms with Crippen LogP contribution in [0.2, 0.25) is 0 Å². The third-order valence-corrected chi connectivity index (χ3v) is 6.29. The Morgan fingerprint density at radius 2 is 1.67 bits per heavy atom. The van der Waals surface area contributed by atoms with Gasteiger partial charge in [0.1, 0.15) is 0 Å². The fraction of sp³-hybridized carbons (Fsp3) is 0.895. The summed E-state index contributed by atoms with van der Waals surface area (Å²) in [5.41, 5.74) is 5.50. The van der Waals surface area contributed by atoms with Gasteiger partial charge in [0.25, 0.3) is 0 Å². The number of nitrogens with two attached hydrogens (primary N) is 1. The Kier molecular flexibility index (Phi) is 7.08. The molecule has 1 aliphatic heterocycles. The van der Waals surface area contributed by atoms with Gasteiger partial charge in [-0.25, -0.2) is 0 Å². The summed E-state index contributed by atoms with van der Waals surface area (Å²) in [6, 6.07) is 0.221. The summed E-state index contributed by atoms with van der Waals surface area (Å²) >= 11 is 0. The van der Waals surface area contributed by atoms with Crippen molar-refractivity contribution in [3.8, 4) is 0 Å². The first-order chi connectivity index (χ1) is 11.5. The predicted octanol–water partition coefficient (Wildman–Crippen LogP) is 2.44. The van der Waals surface area contributed by atoms with Crippen molar-refractivity contribution in [3.63, 3.8) is 0 Å². The zero-order valence-corrected chi connectivity index (χ0v) is 15.5. The van der Waals surface area contributed by atoms with Gasteiger partial charge in [0.05, 0.1) is 5.41 Å². The van der Waals surface area contributed by atoms with Crippen LogP contribution in [0.3, 0.4) is 0 Å². The molecule has 24 heavy (non-hydrogen) atoms. The summed E-state index contributed by atoms with van der Waals surface area (Å²) in [6.07, 6.45) is 8.93. The molecule has 0 aromatic carbocycles. The Balaban J connectivity index is 1.78. The van der Waals surface area contributed by atoms with Crippen LogP contribution in [-0.4, -0.2) is 42.4 Å². The van der Waals surface area contributed by atoms with Crippen molar-refractivity contribution in [3.05, 3.63) is 0 Å². The largest absolute Gasteiger partial charge is 0.353 e. The van der Waals surface area contributed by atoms with Gasteiger partial charge in [-0.2, -0.15) is 0 Å². The lowest BCUT2D eigenvalue weighted by molar-refractivity contribution is -0.143. The molecule has 138 valence electrons. The molecule has 1 saturated carbocycles. The van der Waals surface area contributed by atoms with Crippen molar-refractivity contribution in [1.82, 2.24) is 10.2 Å². The number of likely N-dealkylation sites (tertiary alicyclic amines) is 1. The highest BCUT2D eigenvalue weighted by molar-refractivity contribution is 5.83. The van der Waals surface area contributed by atoms with Crippen LogP contribution in [0.25, 0.3) is 0 Å². The summed E-state index contributed by atoms with van der Waals surface area (Å²) in [7, 11) is 0. The lowest BCUT2D eigenvalue weighted by Crippen LogP contribution is -2.52. The van der Waals surface area contributed by atoms with Gasteiger partial charge in [-0.1, -0.05) is 26.7 Å². The smallest absolute Gasteiger partial charge is 0.230 e. The van der Waals surface area contributed by atoms with Crippen LogP contribution in [0, 0.1) is 11.3 Å². The van der Waals surface area contributed by atoms with E-state index in [1.54, 1.807) is 0 Å². The molecule has 5 nitrogen and oxygen atoms in total. The first kappa shape index (κ1) is 19.2. The average Bonchev–Trinajstić information content (AvgIpc) is 3.10. The Labute approximate surface area is 146 Å². The molecule has 1 heterocycles. The molecule has 2 amide bonds. The third kappa shape index (κ3) is 4.50. The minimum absolute atomic E-state index is 0.199. The lowest BCUT2D eigenvalue weighted by atomic mass is 9.80. The number of amides is 2. The second kappa shape index (κ2) is 8.84. The monoisotopic (exact) mass is 337 g/mol. The quantitative estimate of drug-likeness (QED) is 0.749. The maximum atomic E-state index is 12.8. The van der Waals surface area contributed by atoms with Crippen LogP contribution in [0.1, 0.15) is 71.6 Å². The topological polar surface area (TPSA) is 75.4 Å². The van der Waals surface area contributed by atoms with E-state index >= 15 is 0 Å². The van der Waals surface area contributed by atoms with Crippen molar-refractivity contribution in [2.75, 3.05) is 19.6 Å². The van der Waals surface area contributed by atoms with Gasteiger partial charge in [0.15, 0.2) is 0 Å². The molecular weight excluding hydrogens is 302 g/mol. The van der Waals surface area contributed by atoms with Gasteiger partial charge < -0.3 is 16.0 Å². The van der Waals surface area contributed by atoms with E-state index in [2.05, 4.69) is 5.32 Å². The molecular formula is C19H35N3O2. The van der Waals surface area contributed by atoms with E-state index in [4.69, 9.17) is 5.73 Å². The van der Waals surface area contributed by atoms with Crippen LogP contribution in [0.15, 0.2) is 0 Å². The van der Waals surface area contributed by atoms with E-state index in [-0.39, 0.29) is 17.9 Å². The number of carbonyl (C=O) groups is 2. The second-order valence-electron chi connectivity index (χ2n) is 7.68. The van der Waals surface area contributed by atoms with Gasteiger partial charge in [-0.3, -0.25) is 9.59 Å². The number of carbonyl (C=O) groups excluding carboxylic acids is 2. The molecule has 1 aliphatic carbocycles. The van der Waals surface area contributed by atoms with E-state index in [0.29, 0.717) is 18.9 Å². The normalized spacial score (nSPS) is 20.4. The second-order valence-corrected chi connectivity index (χ2v) is 7.68. The maximum absolute atomic E-state index is 12.8. The molecule has 2 rings (SSSR count). The number of nitrogens with one attached hydrogen (secondary N) is 1. The highest BCUT2D eigenvalue weighted by atomic mass is 16.2. The summed E-state index contributed by atoms with van der Waals surface area (Å²) in [6.45, 7) is 5.97. The molecule has 0 unspecified atom stereocenters. The first-order valence-electron chi connectivity index (χ1n) is 9.83. The summed E-state index contributed by atoms with van der Waals surface area (Å²) in [4.78, 5) is 27.0. The molecule has 0 atom stereocenters. The lowest BCUT2D eigenvalue weighted by Gasteiger charge is -2.39. The van der Waals surface area contributed by atoms with Crippen molar-refractivity contribution < 1.29 is 9.59 Å². The number of rotatable bonds is 7. The van der Waals surface area contributed by atoms with Gasteiger partial charge >= 0.3 is 0 Å². The number of piperidine rings is 1. The minimum Gasteiger partial charge on any atom is -0.353 e.